The summed E-state index contributed by atoms with van der Waals surface area (Å²) in [4.78, 5) is 22.0. The first-order valence-corrected chi connectivity index (χ1v) is 10.4. The number of halogens is 4. The number of aliphatic imine (C=N–C) groups is 1. The summed E-state index contributed by atoms with van der Waals surface area (Å²) in [5.41, 5.74) is 0.154. The smallest absolute Gasteiger partial charge is 0.335 e. The lowest BCUT2D eigenvalue weighted by atomic mass is 9.95. The van der Waals surface area contributed by atoms with E-state index >= 15 is 0 Å². The van der Waals surface area contributed by atoms with Gasteiger partial charge in [-0.05, 0) is 12.1 Å². The summed E-state index contributed by atoms with van der Waals surface area (Å²) in [7, 11) is 0. The van der Waals surface area contributed by atoms with Crippen LogP contribution in [-0.4, -0.2) is 63.6 Å². The van der Waals surface area contributed by atoms with Gasteiger partial charge in [-0.25, -0.2) is 22.9 Å². The SMILES string of the molecule is O=C(O)C1=C(CN2CC(O)C(F)(F)C2)NC(c2nccs2)=NC1c1ccc(F)cc1Cl. The standard InChI is InChI=1S/C19H16ClF3N4O3S/c20-11-5-9(21)1-2-10(11)15-14(18(29)30)12(6-27-7-13(28)19(22,23)8-27)25-16(26-15)17-24-3-4-31-17/h1-5,13,15,28H,6-8H2,(H,25,26)(H,29,30). The molecule has 0 radical (unpaired) electrons. The number of amidine groups is 1. The fraction of sp³-hybridized carbons (Fsp3) is 0.316. The molecular weight excluding hydrogens is 457 g/mol. The fourth-order valence-electron chi connectivity index (χ4n) is 3.56. The van der Waals surface area contributed by atoms with Crippen LogP contribution in [0.1, 0.15) is 16.6 Å². The van der Waals surface area contributed by atoms with Crippen LogP contribution in [0.5, 0.6) is 0 Å². The normalized spacial score (nSPS) is 23.6. The van der Waals surface area contributed by atoms with Gasteiger partial charge in [0.15, 0.2) is 10.8 Å². The summed E-state index contributed by atoms with van der Waals surface area (Å²) < 4.78 is 41.2. The molecule has 12 heteroatoms. The molecule has 0 bridgehead atoms. The van der Waals surface area contributed by atoms with Gasteiger partial charge in [0.25, 0.3) is 5.92 Å². The minimum Gasteiger partial charge on any atom is -0.478 e. The largest absolute Gasteiger partial charge is 0.478 e. The highest BCUT2D eigenvalue weighted by Gasteiger charge is 2.47. The van der Waals surface area contributed by atoms with Crippen LogP contribution in [0.4, 0.5) is 13.2 Å². The Kier molecular flexibility index (Phi) is 5.77. The van der Waals surface area contributed by atoms with Crippen LogP contribution < -0.4 is 5.32 Å². The maximum Gasteiger partial charge on any atom is 0.335 e. The van der Waals surface area contributed by atoms with Gasteiger partial charge in [-0.15, -0.1) is 11.3 Å². The summed E-state index contributed by atoms with van der Waals surface area (Å²) in [5, 5.41) is 24.6. The third kappa shape index (κ3) is 4.31. The molecule has 31 heavy (non-hydrogen) atoms. The molecular formula is C19H16ClF3N4O3S. The first-order valence-electron chi connectivity index (χ1n) is 9.10. The summed E-state index contributed by atoms with van der Waals surface area (Å²) in [6.07, 6.45) is -0.309. The van der Waals surface area contributed by atoms with Gasteiger partial charge in [-0.3, -0.25) is 9.89 Å². The molecule has 1 aromatic carbocycles. The van der Waals surface area contributed by atoms with Gasteiger partial charge in [0.2, 0.25) is 0 Å². The number of alkyl halides is 2. The molecule has 2 aliphatic rings. The van der Waals surface area contributed by atoms with E-state index in [1.165, 1.54) is 28.5 Å². The van der Waals surface area contributed by atoms with Crippen LogP contribution in [-0.2, 0) is 4.79 Å². The molecule has 1 fully saturated rings. The molecule has 2 unspecified atom stereocenters. The lowest BCUT2D eigenvalue weighted by Gasteiger charge is -2.28. The average Bonchev–Trinajstić information content (AvgIpc) is 3.29. The number of hydrogen-bond donors (Lipinski definition) is 3. The minimum atomic E-state index is -3.30. The lowest BCUT2D eigenvalue weighted by Crippen LogP contribution is -2.39. The monoisotopic (exact) mass is 472 g/mol. The number of nitrogens with zero attached hydrogens (tertiary/aromatic N) is 3. The quantitative estimate of drug-likeness (QED) is 0.619. The number of carboxylic acids is 1. The number of likely N-dealkylation sites (tertiary alicyclic amines) is 1. The van der Waals surface area contributed by atoms with E-state index in [9.17, 15) is 28.2 Å². The number of hydrogen-bond acceptors (Lipinski definition) is 7. The fourth-order valence-corrected chi connectivity index (χ4v) is 4.42. The topological polar surface area (TPSA) is 98.0 Å². The molecule has 4 rings (SSSR count). The molecule has 0 spiro atoms. The maximum atomic E-state index is 13.8. The zero-order valence-electron chi connectivity index (χ0n) is 15.7. The Morgan fingerprint density at radius 3 is 2.77 bits per heavy atom. The predicted molar refractivity (Wildman–Crippen MR) is 108 cm³/mol. The number of aliphatic hydroxyl groups excluding tert-OH is 1. The van der Waals surface area contributed by atoms with Crippen molar-refractivity contribution in [2.24, 2.45) is 4.99 Å². The second-order valence-corrected chi connectivity index (χ2v) is 8.45. The Morgan fingerprint density at radius 2 is 2.19 bits per heavy atom. The van der Waals surface area contributed by atoms with E-state index in [2.05, 4.69) is 15.3 Å². The van der Waals surface area contributed by atoms with Crippen molar-refractivity contribution in [3.8, 4) is 0 Å². The minimum absolute atomic E-state index is 0.0182. The summed E-state index contributed by atoms with van der Waals surface area (Å²) >= 11 is 7.43. The van der Waals surface area contributed by atoms with Gasteiger partial charge in [-0.1, -0.05) is 17.7 Å². The number of aliphatic hydroxyl groups is 1. The van der Waals surface area contributed by atoms with E-state index in [0.29, 0.717) is 5.01 Å². The molecule has 1 saturated heterocycles. The summed E-state index contributed by atoms with van der Waals surface area (Å²) in [5.74, 6) is -4.99. The van der Waals surface area contributed by atoms with E-state index in [0.717, 1.165) is 12.1 Å². The second-order valence-electron chi connectivity index (χ2n) is 7.15. The van der Waals surface area contributed by atoms with Crippen LogP contribution >= 0.6 is 22.9 Å². The maximum absolute atomic E-state index is 13.8. The number of carboxylic acid groups (broad SMARTS) is 1. The van der Waals surface area contributed by atoms with E-state index in [1.54, 1.807) is 5.38 Å². The number of carbonyl (C=O) groups is 1. The zero-order valence-corrected chi connectivity index (χ0v) is 17.3. The molecule has 2 aromatic rings. The van der Waals surface area contributed by atoms with Crippen LogP contribution in [0.3, 0.4) is 0 Å². The predicted octanol–water partition coefficient (Wildman–Crippen LogP) is 2.68. The van der Waals surface area contributed by atoms with Gasteiger partial charge < -0.3 is 15.5 Å². The Balaban J connectivity index is 1.78. The molecule has 0 saturated carbocycles. The summed E-state index contributed by atoms with van der Waals surface area (Å²) in [6.45, 7) is -1.25. The van der Waals surface area contributed by atoms with Crippen molar-refractivity contribution in [2.45, 2.75) is 18.1 Å². The molecule has 2 atom stereocenters. The number of thiazole rings is 1. The van der Waals surface area contributed by atoms with Crippen molar-refractivity contribution in [1.29, 1.82) is 0 Å². The molecule has 0 aliphatic carbocycles. The van der Waals surface area contributed by atoms with Gasteiger partial charge in [0, 0.05) is 40.9 Å². The van der Waals surface area contributed by atoms with Crippen LogP contribution in [0, 0.1) is 5.82 Å². The van der Waals surface area contributed by atoms with Crippen molar-refractivity contribution < 1.29 is 28.2 Å². The number of rotatable bonds is 5. The second kappa shape index (κ2) is 8.23. The van der Waals surface area contributed by atoms with Crippen LogP contribution in [0.25, 0.3) is 0 Å². The number of β-amino-alcohol motifs (C(OH)–C–C–N with tert-alkyl or cyclic N) is 1. The molecule has 3 heterocycles. The highest BCUT2D eigenvalue weighted by atomic mass is 35.5. The average molecular weight is 473 g/mol. The van der Waals surface area contributed by atoms with Gasteiger partial charge in [-0.2, -0.15) is 0 Å². The van der Waals surface area contributed by atoms with Crippen LogP contribution in [0.15, 0.2) is 46.0 Å². The van der Waals surface area contributed by atoms with E-state index in [4.69, 9.17) is 11.6 Å². The summed E-state index contributed by atoms with van der Waals surface area (Å²) in [6, 6.07) is 2.41. The highest BCUT2D eigenvalue weighted by Crippen LogP contribution is 2.37. The molecule has 164 valence electrons. The molecule has 7 nitrogen and oxygen atoms in total. The number of nitrogens with one attached hydrogen (secondary N) is 1. The van der Waals surface area contributed by atoms with Crippen LogP contribution in [0.2, 0.25) is 5.02 Å². The number of aliphatic carboxylic acids is 1. The number of benzene rings is 1. The van der Waals surface area contributed by atoms with Gasteiger partial charge in [0.05, 0.1) is 12.1 Å². The number of aromatic nitrogens is 1. The highest BCUT2D eigenvalue weighted by molar-refractivity contribution is 7.11. The van der Waals surface area contributed by atoms with E-state index in [1.807, 2.05) is 0 Å². The molecule has 0 amide bonds. The first-order chi connectivity index (χ1) is 14.7. The van der Waals surface area contributed by atoms with Crippen molar-refractivity contribution in [2.75, 3.05) is 19.6 Å². The van der Waals surface area contributed by atoms with Crippen molar-refractivity contribution in [3.63, 3.8) is 0 Å². The third-order valence-electron chi connectivity index (χ3n) is 4.98. The zero-order chi connectivity index (χ0) is 22.3. The first kappa shape index (κ1) is 21.8. The van der Waals surface area contributed by atoms with E-state index < -0.39 is 36.4 Å². The van der Waals surface area contributed by atoms with Gasteiger partial charge >= 0.3 is 5.97 Å². The Labute approximate surface area is 183 Å². The lowest BCUT2D eigenvalue weighted by molar-refractivity contribution is -0.133. The van der Waals surface area contributed by atoms with Crippen molar-refractivity contribution in [3.05, 3.63) is 62.5 Å². The van der Waals surface area contributed by atoms with Crippen molar-refractivity contribution in [1.82, 2.24) is 15.2 Å². The molecule has 3 N–H and O–H groups in total. The molecule has 2 aliphatic heterocycles. The third-order valence-corrected chi connectivity index (χ3v) is 6.09. The van der Waals surface area contributed by atoms with Gasteiger partial charge in [0.1, 0.15) is 18.0 Å². The van der Waals surface area contributed by atoms with Crippen molar-refractivity contribution >= 4 is 34.7 Å². The molecule has 1 aromatic heterocycles. The Hall–Kier alpha value is -2.47. The van der Waals surface area contributed by atoms with E-state index in [-0.39, 0.29) is 40.8 Å². The Morgan fingerprint density at radius 1 is 1.42 bits per heavy atom. The Bertz CT molecular complexity index is 1080.